The first kappa shape index (κ1) is 7.36. The van der Waals surface area contributed by atoms with Crippen LogP contribution in [0.25, 0.3) is 0 Å². The summed E-state index contributed by atoms with van der Waals surface area (Å²) < 4.78 is 0. The Morgan fingerprint density at radius 1 is 1.25 bits per heavy atom. The molecule has 0 aliphatic carbocycles. The number of aryl methyl sites for hydroxylation is 1. The minimum atomic E-state index is 0.384. The van der Waals surface area contributed by atoms with Gasteiger partial charge in [0.1, 0.15) is 0 Å². The van der Waals surface area contributed by atoms with Gasteiger partial charge in [-0.3, -0.25) is 0 Å². The molecule has 60 valence electrons. The number of nitrogen functional groups attached to an aromatic ring is 1. The summed E-state index contributed by atoms with van der Waals surface area (Å²) in [6, 6.07) is 3.70. The molecule has 3 nitrogen and oxygen atoms in total. The van der Waals surface area contributed by atoms with Gasteiger partial charge in [-0.25, -0.2) is 9.98 Å². The van der Waals surface area contributed by atoms with Crippen molar-refractivity contribution in [1.82, 2.24) is 0 Å². The van der Waals surface area contributed by atoms with Crippen LogP contribution in [0.3, 0.4) is 0 Å². The van der Waals surface area contributed by atoms with Crippen LogP contribution in [0.5, 0.6) is 0 Å². The van der Waals surface area contributed by atoms with Crippen LogP contribution in [0.1, 0.15) is 5.56 Å². The summed E-state index contributed by atoms with van der Waals surface area (Å²) >= 11 is 4.84. The Bertz CT molecular complexity index is 433. The lowest BCUT2D eigenvalue weighted by Crippen LogP contribution is -2.22. The molecule has 0 spiro atoms. The number of nitrogens with two attached hydrogens (primary N) is 1. The zero-order valence-electron chi connectivity index (χ0n) is 6.53. The van der Waals surface area contributed by atoms with Gasteiger partial charge >= 0.3 is 0 Å². The van der Waals surface area contributed by atoms with E-state index in [-0.39, 0.29) is 0 Å². The van der Waals surface area contributed by atoms with E-state index < -0.39 is 0 Å². The predicted molar refractivity (Wildman–Crippen MR) is 50.5 cm³/mol. The zero-order valence-corrected chi connectivity index (χ0v) is 7.35. The Labute approximate surface area is 74.6 Å². The summed E-state index contributed by atoms with van der Waals surface area (Å²) in [5.74, 6) is 0. The van der Waals surface area contributed by atoms with Crippen molar-refractivity contribution in [1.29, 1.82) is 0 Å². The number of fused-ring (bicyclic) bond motifs is 1. The lowest BCUT2D eigenvalue weighted by Gasteiger charge is -1.95. The molecule has 0 bridgehead atoms. The zero-order chi connectivity index (χ0) is 8.72. The highest BCUT2D eigenvalue weighted by Crippen LogP contribution is 2.03. The first-order valence-corrected chi connectivity index (χ1v) is 3.95. The van der Waals surface area contributed by atoms with Crippen LogP contribution in [0, 0.1) is 6.92 Å². The molecule has 4 heteroatoms. The second kappa shape index (κ2) is 2.35. The van der Waals surface area contributed by atoms with Crippen molar-refractivity contribution < 1.29 is 0 Å². The molecule has 2 rings (SSSR count). The van der Waals surface area contributed by atoms with Crippen LogP contribution < -0.4 is 16.4 Å². The van der Waals surface area contributed by atoms with Gasteiger partial charge < -0.3 is 5.73 Å². The number of nitrogens with zero attached hydrogens (tertiary/aromatic N) is 2. The van der Waals surface area contributed by atoms with Crippen LogP contribution >= 0.6 is 12.2 Å². The SMILES string of the molecule is Cc1cc2c(cc1N)=NC(=S)N=2. The van der Waals surface area contributed by atoms with Crippen LogP contribution in [-0.2, 0) is 0 Å². The molecule has 0 unspecified atom stereocenters. The average Bonchev–Trinajstić information content (AvgIpc) is 2.30. The molecule has 12 heavy (non-hydrogen) atoms. The fourth-order valence-electron chi connectivity index (χ4n) is 1.11. The third-order valence-corrected chi connectivity index (χ3v) is 1.98. The highest BCUT2D eigenvalue weighted by Gasteiger charge is 2.03. The summed E-state index contributed by atoms with van der Waals surface area (Å²) in [5, 5.41) is 1.99. The van der Waals surface area contributed by atoms with Crippen molar-refractivity contribution >= 4 is 23.0 Å². The lowest BCUT2D eigenvalue weighted by molar-refractivity contribution is 1.32. The van der Waals surface area contributed by atoms with Gasteiger partial charge in [0.25, 0.3) is 0 Å². The van der Waals surface area contributed by atoms with Crippen molar-refractivity contribution in [2.24, 2.45) is 9.98 Å². The molecule has 0 atom stereocenters. The number of rotatable bonds is 0. The lowest BCUT2D eigenvalue weighted by atomic mass is 10.2. The fourth-order valence-corrected chi connectivity index (χ4v) is 1.30. The third kappa shape index (κ3) is 1.00. The Morgan fingerprint density at radius 2 is 1.83 bits per heavy atom. The van der Waals surface area contributed by atoms with Crippen molar-refractivity contribution in [3.05, 3.63) is 28.4 Å². The summed E-state index contributed by atoms with van der Waals surface area (Å²) in [6.07, 6.45) is 0. The fraction of sp³-hybridized carbons (Fsp3) is 0.125. The molecular formula is C8H7N3S. The Morgan fingerprint density at radius 3 is 2.50 bits per heavy atom. The van der Waals surface area contributed by atoms with Crippen molar-refractivity contribution in [3.63, 3.8) is 0 Å². The molecule has 0 amide bonds. The minimum Gasteiger partial charge on any atom is -0.398 e. The summed E-state index contributed by atoms with van der Waals surface area (Å²) in [6.45, 7) is 1.94. The van der Waals surface area contributed by atoms with E-state index in [9.17, 15) is 0 Å². The van der Waals surface area contributed by atoms with Crippen molar-refractivity contribution in [3.8, 4) is 0 Å². The molecule has 0 fully saturated rings. The molecule has 1 aliphatic heterocycles. The van der Waals surface area contributed by atoms with Gasteiger partial charge in [-0.05, 0) is 36.8 Å². The first-order valence-electron chi connectivity index (χ1n) is 3.54. The molecule has 1 aromatic carbocycles. The topological polar surface area (TPSA) is 50.7 Å². The Balaban J connectivity index is 2.89. The summed E-state index contributed by atoms with van der Waals surface area (Å²) in [7, 11) is 0. The minimum absolute atomic E-state index is 0.384. The van der Waals surface area contributed by atoms with Gasteiger partial charge in [-0.2, -0.15) is 0 Å². The molecule has 0 radical (unpaired) electrons. The van der Waals surface area contributed by atoms with Crippen LogP contribution in [0.15, 0.2) is 22.1 Å². The van der Waals surface area contributed by atoms with Gasteiger partial charge in [0.05, 0.1) is 10.7 Å². The van der Waals surface area contributed by atoms with Crippen molar-refractivity contribution in [2.75, 3.05) is 5.73 Å². The number of hydrogen-bond acceptors (Lipinski definition) is 2. The third-order valence-electron chi connectivity index (χ3n) is 1.80. The van der Waals surface area contributed by atoms with E-state index in [2.05, 4.69) is 9.98 Å². The van der Waals surface area contributed by atoms with Gasteiger partial charge in [0, 0.05) is 5.69 Å². The van der Waals surface area contributed by atoms with Crippen LogP contribution in [0.2, 0.25) is 0 Å². The van der Waals surface area contributed by atoms with E-state index in [1.54, 1.807) is 6.07 Å². The number of thiocarbonyl (C=S) groups is 1. The van der Waals surface area contributed by atoms with E-state index in [1.165, 1.54) is 0 Å². The number of hydrogen-bond donors (Lipinski definition) is 1. The van der Waals surface area contributed by atoms with E-state index in [0.29, 0.717) is 5.11 Å². The normalized spacial score (nSPS) is 13.6. The smallest absolute Gasteiger partial charge is 0.220 e. The van der Waals surface area contributed by atoms with Gasteiger partial charge in [-0.15, -0.1) is 0 Å². The maximum Gasteiger partial charge on any atom is 0.220 e. The maximum atomic E-state index is 5.69. The monoisotopic (exact) mass is 177 g/mol. The van der Waals surface area contributed by atoms with Gasteiger partial charge in [0.15, 0.2) is 0 Å². The molecule has 1 aromatic rings. The quantitative estimate of drug-likeness (QED) is 0.452. The van der Waals surface area contributed by atoms with Crippen LogP contribution in [0.4, 0.5) is 5.69 Å². The van der Waals surface area contributed by atoms with Crippen LogP contribution in [-0.4, -0.2) is 5.11 Å². The summed E-state index contributed by atoms with van der Waals surface area (Å²) in [4.78, 5) is 8.10. The Hall–Kier alpha value is -1.29. The molecule has 1 aliphatic rings. The molecule has 2 N–H and O–H groups in total. The first-order chi connectivity index (χ1) is 5.66. The van der Waals surface area contributed by atoms with E-state index in [4.69, 9.17) is 18.0 Å². The van der Waals surface area contributed by atoms with Gasteiger partial charge in [0.2, 0.25) is 5.11 Å². The standard InChI is InChI=1S/C8H7N3S/c1-4-2-6-7(3-5(4)9)11-8(12)10-6/h2-3H,9H2,1H3. The number of anilines is 1. The molecule has 0 aromatic heterocycles. The van der Waals surface area contributed by atoms with Crippen molar-refractivity contribution in [2.45, 2.75) is 6.92 Å². The average molecular weight is 177 g/mol. The molecule has 0 saturated heterocycles. The van der Waals surface area contributed by atoms with E-state index in [0.717, 1.165) is 22.0 Å². The highest BCUT2D eigenvalue weighted by atomic mass is 32.1. The van der Waals surface area contributed by atoms with Gasteiger partial charge in [-0.1, -0.05) is 0 Å². The molecule has 1 heterocycles. The second-order valence-corrected chi connectivity index (χ2v) is 3.07. The van der Waals surface area contributed by atoms with E-state index >= 15 is 0 Å². The number of benzene rings is 1. The second-order valence-electron chi connectivity index (χ2n) is 2.70. The maximum absolute atomic E-state index is 5.69. The Kier molecular flexibility index (Phi) is 1.44. The van der Waals surface area contributed by atoms with E-state index in [1.807, 2.05) is 13.0 Å². The molecule has 0 saturated carbocycles. The predicted octanol–water partition coefficient (Wildman–Crippen LogP) is 0.115. The largest absolute Gasteiger partial charge is 0.398 e. The highest BCUT2D eigenvalue weighted by molar-refractivity contribution is 7.80. The summed E-state index contributed by atoms with van der Waals surface area (Å²) in [5.41, 5.74) is 7.44. The molecular weight excluding hydrogens is 170 g/mol.